The molecular weight excluding hydrogens is 296 g/mol. The second kappa shape index (κ2) is 6.97. The molecule has 0 saturated heterocycles. The third-order valence-corrected chi connectivity index (χ3v) is 6.19. The molecule has 2 saturated carbocycles. The SMILES string of the molecule is CC1CCCC(OCC2(CS(=O)(=O)Cl)CCCCC2)C1. The van der Waals surface area contributed by atoms with Crippen molar-refractivity contribution in [2.24, 2.45) is 11.3 Å². The number of halogens is 1. The van der Waals surface area contributed by atoms with E-state index in [-0.39, 0.29) is 11.2 Å². The van der Waals surface area contributed by atoms with Crippen LogP contribution < -0.4 is 0 Å². The van der Waals surface area contributed by atoms with E-state index in [4.69, 9.17) is 15.4 Å². The third kappa shape index (κ3) is 5.19. The Labute approximate surface area is 127 Å². The van der Waals surface area contributed by atoms with Crippen molar-refractivity contribution in [3.63, 3.8) is 0 Å². The minimum absolute atomic E-state index is 0.0732. The molecular formula is C15H27ClO3S. The first kappa shape index (κ1) is 16.6. The smallest absolute Gasteiger partial charge is 0.233 e. The standard InChI is InChI=1S/C15H27ClO3S/c1-13-6-5-7-14(10-13)19-11-15(12-20(16,17)18)8-3-2-4-9-15/h13-14H,2-12H2,1H3. The number of ether oxygens (including phenoxy) is 1. The molecule has 0 N–H and O–H groups in total. The van der Waals surface area contributed by atoms with Crippen molar-refractivity contribution in [1.29, 1.82) is 0 Å². The molecule has 0 heterocycles. The summed E-state index contributed by atoms with van der Waals surface area (Å²) < 4.78 is 29.2. The van der Waals surface area contributed by atoms with Gasteiger partial charge in [0, 0.05) is 16.1 Å². The lowest BCUT2D eigenvalue weighted by molar-refractivity contribution is -0.0380. The van der Waals surface area contributed by atoms with Gasteiger partial charge in [0.25, 0.3) is 0 Å². The number of rotatable bonds is 5. The lowest BCUT2D eigenvalue weighted by Gasteiger charge is -2.38. The topological polar surface area (TPSA) is 43.4 Å². The quantitative estimate of drug-likeness (QED) is 0.716. The molecule has 0 aromatic carbocycles. The Morgan fingerprint density at radius 2 is 1.85 bits per heavy atom. The third-order valence-electron chi connectivity index (χ3n) is 4.91. The van der Waals surface area contributed by atoms with Gasteiger partial charge in [-0.3, -0.25) is 0 Å². The van der Waals surface area contributed by atoms with Gasteiger partial charge in [0.1, 0.15) is 0 Å². The van der Waals surface area contributed by atoms with Gasteiger partial charge < -0.3 is 4.74 Å². The molecule has 5 heteroatoms. The van der Waals surface area contributed by atoms with Crippen LogP contribution in [0.2, 0.25) is 0 Å². The molecule has 2 aliphatic rings. The first-order chi connectivity index (χ1) is 9.39. The van der Waals surface area contributed by atoms with Crippen LogP contribution in [0.4, 0.5) is 0 Å². The highest BCUT2D eigenvalue weighted by Gasteiger charge is 2.37. The second-order valence-corrected chi connectivity index (χ2v) is 9.73. The molecule has 0 aromatic heterocycles. The predicted octanol–water partition coefficient (Wildman–Crippen LogP) is 4.10. The van der Waals surface area contributed by atoms with E-state index in [1.54, 1.807) is 0 Å². The fourth-order valence-corrected chi connectivity index (χ4v) is 5.62. The van der Waals surface area contributed by atoms with Gasteiger partial charge in [0.2, 0.25) is 9.05 Å². The molecule has 0 aliphatic heterocycles. The van der Waals surface area contributed by atoms with Gasteiger partial charge in [-0.2, -0.15) is 0 Å². The summed E-state index contributed by atoms with van der Waals surface area (Å²) in [6.45, 7) is 2.84. The lowest BCUT2D eigenvalue weighted by Crippen LogP contribution is -2.37. The van der Waals surface area contributed by atoms with E-state index < -0.39 is 9.05 Å². The average molecular weight is 323 g/mol. The Kier molecular flexibility index (Phi) is 5.78. The number of hydrogen-bond acceptors (Lipinski definition) is 3. The zero-order chi connectivity index (χ0) is 14.6. The van der Waals surface area contributed by atoms with E-state index in [1.807, 2.05) is 0 Å². The molecule has 0 spiro atoms. The van der Waals surface area contributed by atoms with Crippen LogP contribution in [0.15, 0.2) is 0 Å². The molecule has 3 nitrogen and oxygen atoms in total. The van der Waals surface area contributed by atoms with Crippen molar-refractivity contribution in [2.75, 3.05) is 12.4 Å². The Balaban J connectivity index is 1.93. The Morgan fingerprint density at radius 1 is 1.15 bits per heavy atom. The van der Waals surface area contributed by atoms with E-state index in [9.17, 15) is 8.42 Å². The summed E-state index contributed by atoms with van der Waals surface area (Å²) >= 11 is 0. The van der Waals surface area contributed by atoms with Crippen LogP contribution in [-0.4, -0.2) is 26.9 Å². The van der Waals surface area contributed by atoms with Crippen molar-refractivity contribution in [1.82, 2.24) is 0 Å². The van der Waals surface area contributed by atoms with Crippen LogP contribution in [0.3, 0.4) is 0 Å². The van der Waals surface area contributed by atoms with Crippen molar-refractivity contribution in [2.45, 2.75) is 70.8 Å². The molecule has 0 radical (unpaired) electrons. The molecule has 2 rings (SSSR count). The monoisotopic (exact) mass is 322 g/mol. The maximum absolute atomic E-state index is 11.5. The van der Waals surface area contributed by atoms with Gasteiger partial charge in [-0.15, -0.1) is 0 Å². The van der Waals surface area contributed by atoms with E-state index in [0.717, 1.165) is 44.4 Å². The molecule has 2 unspecified atom stereocenters. The van der Waals surface area contributed by atoms with Gasteiger partial charge in [-0.1, -0.05) is 39.0 Å². The maximum Gasteiger partial charge on any atom is 0.233 e. The number of hydrogen-bond donors (Lipinski definition) is 0. The zero-order valence-electron chi connectivity index (χ0n) is 12.4. The van der Waals surface area contributed by atoms with Gasteiger partial charge in [0.15, 0.2) is 0 Å². The van der Waals surface area contributed by atoms with E-state index >= 15 is 0 Å². The summed E-state index contributed by atoms with van der Waals surface area (Å²) in [5.74, 6) is 0.803. The molecule has 2 atom stereocenters. The molecule has 2 fully saturated rings. The highest BCUT2D eigenvalue weighted by atomic mass is 35.7. The highest BCUT2D eigenvalue weighted by Crippen LogP contribution is 2.39. The van der Waals surface area contributed by atoms with Crippen molar-refractivity contribution in [3.8, 4) is 0 Å². The van der Waals surface area contributed by atoms with E-state index in [0.29, 0.717) is 12.7 Å². The predicted molar refractivity (Wildman–Crippen MR) is 82.5 cm³/mol. The lowest BCUT2D eigenvalue weighted by atomic mass is 9.76. The van der Waals surface area contributed by atoms with Crippen LogP contribution in [0.5, 0.6) is 0 Å². The van der Waals surface area contributed by atoms with Crippen LogP contribution in [0, 0.1) is 11.3 Å². The molecule has 2 aliphatic carbocycles. The van der Waals surface area contributed by atoms with Crippen molar-refractivity contribution < 1.29 is 13.2 Å². The van der Waals surface area contributed by atoms with Gasteiger partial charge in [0.05, 0.1) is 18.5 Å². The molecule has 0 amide bonds. The van der Waals surface area contributed by atoms with Gasteiger partial charge in [-0.25, -0.2) is 8.42 Å². The van der Waals surface area contributed by atoms with Crippen LogP contribution in [0.25, 0.3) is 0 Å². The minimum atomic E-state index is -3.45. The first-order valence-electron chi connectivity index (χ1n) is 7.93. The summed E-state index contributed by atoms with van der Waals surface area (Å²) in [4.78, 5) is 0. The van der Waals surface area contributed by atoms with Gasteiger partial charge >= 0.3 is 0 Å². The van der Waals surface area contributed by atoms with Crippen molar-refractivity contribution >= 4 is 19.7 Å². The Bertz CT molecular complexity index is 401. The van der Waals surface area contributed by atoms with Gasteiger partial charge in [-0.05, 0) is 31.6 Å². The van der Waals surface area contributed by atoms with Crippen LogP contribution in [-0.2, 0) is 13.8 Å². The summed E-state index contributed by atoms with van der Waals surface area (Å²) in [7, 11) is 2.06. The Hall–Kier alpha value is 0.200. The minimum Gasteiger partial charge on any atom is -0.378 e. The van der Waals surface area contributed by atoms with Crippen LogP contribution in [0.1, 0.15) is 64.7 Å². The molecule has 0 bridgehead atoms. The summed E-state index contributed by atoms with van der Waals surface area (Å²) in [5.41, 5.74) is -0.237. The highest BCUT2D eigenvalue weighted by molar-refractivity contribution is 8.13. The fourth-order valence-electron chi connectivity index (χ4n) is 3.82. The van der Waals surface area contributed by atoms with Crippen LogP contribution >= 0.6 is 10.7 Å². The largest absolute Gasteiger partial charge is 0.378 e. The zero-order valence-corrected chi connectivity index (χ0v) is 14.0. The molecule has 0 aromatic rings. The van der Waals surface area contributed by atoms with E-state index in [2.05, 4.69) is 6.92 Å². The summed E-state index contributed by atoms with van der Waals surface area (Å²) in [5, 5.41) is 0. The second-order valence-electron chi connectivity index (χ2n) is 6.95. The summed E-state index contributed by atoms with van der Waals surface area (Å²) in [6, 6.07) is 0. The van der Waals surface area contributed by atoms with Crippen molar-refractivity contribution in [3.05, 3.63) is 0 Å². The first-order valence-corrected chi connectivity index (χ1v) is 10.4. The molecule has 20 heavy (non-hydrogen) atoms. The normalized spacial score (nSPS) is 31.1. The average Bonchev–Trinajstić information content (AvgIpc) is 2.36. The summed E-state index contributed by atoms with van der Waals surface area (Å²) in [6.07, 6.45) is 10.3. The Morgan fingerprint density at radius 3 is 2.45 bits per heavy atom. The molecule has 118 valence electrons. The fraction of sp³-hybridized carbons (Fsp3) is 1.00. The maximum atomic E-state index is 11.5. The van der Waals surface area contributed by atoms with E-state index in [1.165, 1.54) is 19.3 Å².